The second-order valence-corrected chi connectivity index (χ2v) is 5.06. The Morgan fingerprint density at radius 2 is 1.80 bits per heavy atom. The molecule has 1 aliphatic rings. The van der Waals surface area contributed by atoms with E-state index in [0.29, 0.717) is 10.6 Å². The molecule has 2 aromatic rings. The molecule has 3 rings (SSSR count). The van der Waals surface area contributed by atoms with Gasteiger partial charge in [-0.2, -0.15) is 0 Å². The van der Waals surface area contributed by atoms with Crippen molar-refractivity contribution in [2.24, 2.45) is 0 Å². The third-order valence-electron chi connectivity index (χ3n) is 3.47. The van der Waals surface area contributed by atoms with Gasteiger partial charge in [-0.05, 0) is 29.3 Å². The molecule has 20 heavy (non-hydrogen) atoms. The lowest BCUT2D eigenvalue weighted by Crippen LogP contribution is -2.34. The molecule has 0 bridgehead atoms. The first-order chi connectivity index (χ1) is 9.70. The number of rotatable bonds is 2. The fourth-order valence-corrected chi connectivity index (χ4v) is 2.65. The fraction of sp³-hybridized carbons (Fsp3) is 0.188. The van der Waals surface area contributed by atoms with Crippen molar-refractivity contribution in [1.29, 1.82) is 0 Å². The smallest absolute Gasteiger partial charge is 0.340 e. The summed E-state index contributed by atoms with van der Waals surface area (Å²) >= 11 is 5.93. The molecular formula is C16H13ClO3. The Morgan fingerprint density at radius 1 is 1.10 bits per heavy atom. The van der Waals surface area contributed by atoms with Gasteiger partial charge in [-0.15, -0.1) is 0 Å². The number of cyclic esters (lactones) is 1. The van der Waals surface area contributed by atoms with Crippen LogP contribution in [0.2, 0.25) is 5.02 Å². The van der Waals surface area contributed by atoms with Crippen LogP contribution in [0.25, 0.3) is 0 Å². The van der Waals surface area contributed by atoms with Crippen LogP contribution in [0.3, 0.4) is 0 Å². The molecule has 0 fully saturated rings. The zero-order valence-electron chi connectivity index (χ0n) is 10.9. The summed E-state index contributed by atoms with van der Waals surface area (Å²) in [7, 11) is 1.54. The van der Waals surface area contributed by atoms with Crippen LogP contribution in [-0.2, 0) is 9.47 Å². The topological polar surface area (TPSA) is 35.5 Å². The molecule has 0 saturated carbocycles. The number of ether oxygens (including phenoxy) is 2. The van der Waals surface area contributed by atoms with Gasteiger partial charge in [-0.25, -0.2) is 4.79 Å². The number of hydrogen-bond donors (Lipinski definition) is 0. The van der Waals surface area contributed by atoms with E-state index in [2.05, 4.69) is 0 Å². The van der Waals surface area contributed by atoms with E-state index < -0.39 is 6.29 Å². The second-order valence-electron chi connectivity index (χ2n) is 4.63. The predicted molar refractivity (Wildman–Crippen MR) is 75.9 cm³/mol. The summed E-state index contributed by atoms with van der Waals surface area (Å²) in [5.74, 6) is -0.496. The Labute approximate surface area is 122 Å². The van der Waals surface area contributed by atoms with E-state index in [1.165, 1.54) is 7.11 Å². The molecule has 0 saturated heterocycles. The van der Waals surface area contributed by atoms with Gasteiger partial charge in [0.1, 0.15) is 0 Å². The second kappa shape index (κ2) is 5.27. The van der Waals surface area contributed by atoms with E-state index in [1.54, 1.807) is 6.07 Å². The van der Waals surface area contributed by atoms with Gasteiger partial charge in [-0.3, -0.25) is 0 Å². The average molecular weight is 289 g/mol. The standard InChI is InChI=1S/C16H13ClO3/c1-19-16-14(10-6-8-11(17)9-7-10)12-4-2-3-5-13(12)15(18)20-16/h2-9,14,16H,1H3. The first-order valence-electron chi connectivity index (χ1n) is 6.29. The van der Waals surface area contributed by atoms with Crippen LogP contribution in [0.1, 0.15) is 27.4 Å². The summed E-state index contributed by atoms with van der Waals surface area (Å²) in [6.45, 7) is 0. The number of hydrogen-bond acceptors (Lipinski definition) is 3. The highest BCUT2D eigenvalue weighted by Crippen LogP contribution is 2.37. The van der Waals surface area contributed by atoms with Crippen LogP contribution >= 0.6 is 11.6 Å². The van der Waals surface area contributed by atoms with Crippen LogP contribution in [0.15, 0.2) is 48.5 Å². The monoisotopic (exact) mass is 288 g/mol. The van der Waals surface area contributed by atoms with Crippen LogP contribution < -0.4 is 0 Å². The van der Waals surface area contributed by atoms with Crippen molar-refractivity contribution < 1.29 is 14.3 Å². The van der Waals surface area contributed by atoms with Crippen molar-refractivity contribution in [2.75, 3.05) is 7.11 Å². The lowest BCUT2D eigenvalue weighted by molar-refractivity contribution is -0.103. The number of fused-ring (bicyclic) bond motifs is 1. The van der Waals surface area contributed by atoms with E-state index in [4.69, 9.17) is 21.1 Å². The molecular weight excluding hydrogens is 276 g/mol. The van der Waals surface area contributed by atoms with E-state index in [1.807, 2.05) is 42.5 Å². The highest BCUT2D eigenvalue weighted by Gasteiger charge is 2.36. The largest absolute Gasteiger partial charge is 0.431 e. The van der Waals surface area contributed by atoms with Crippen molar-refractivity contribution in [3.63, 3.8) is 0 Å². The van der Waals surface area contributed by atoms with Gasteiger partial charge in [0.05, 0.1) is 11.5 Å². The molecule has 1 aliphatic heterocycles. The van der Waals surface area contributed by atoms with Gasteiger partial charge in [0.15, 0.2) is 0 Å². The van der Waals surface area contributed by atoms with Gasteiger partial charge < -0.3 is 9.47 Å². The molecule has 0 amide bonds. The minimum Gasteiger partial charge on any atom is -0.431 e. The summed E-state index contributed by atoms with van der Waals surface area (Å²) in [5, 5.41) is 0.670. The maximum atomic E-state index is 12.0. The lowest BCUT2D eigenvalue weighted by Gasteiger charge is -2.32. The Morgan fingerprint density at radius 3 is 2.50 bits per heavy atom. The third kappa shape index (κ3) is 2.19. The first kappa shape index (κ1) is 13.2. The Kier molecular flexibility index (Phi) is 3.47. The zero-order valence-corrected chi connectivity index (χ0v) is 11.6. The molecule has 3 nitrogen and oxygen atoms in total. The minimum absolute atomic E-state index is 0.147. The summed E-state index contributed by atoms with van der Waals surface area (Å²) in [5.41, 5.74) is 2.50. The molecule has 2 unspecified atom stereocenters. The average Bonchev–Trinajstić information content (AvgIpc) is 2.48. The maximum absolute atomic E-state index is 12.0. The van der Waals surface area contributed by atoms with Gasteiger partial charge >= 0.3 is 5.97 Å². The number of benzene rings is 2. The molecule has 0 spiro atoms. The van der Waals surface area contributed by atoms with Crippen LogP contribution in [0.5, 0.6) is 0 Å². The maximum Gasteiger partial charge on any atom is 0.340 e. The Hall–Kier alpha value is -1.84. The minimum atomic E-state index is -0.626. The molecule has 0 N–H and O–H groups in total. The number of halogens is 1. The molecule has 0 aliphatic carbocycles. The summed E-state index contributed by atoms with van der Waals surface area (Å²) in [6.07, 6.45) is -0.626. The Bertz CT molecular complexity index is 636. The van der Waals surface area contributed by atoms with Crippen LogP contribution in [0, 0.1) is 0 Å². The summed E-state index contributed by atoms with van der Waals surface area (Å²) in [6, 6.07) is 14.9. The van der Waals surface area contributed by atoms with Gasteiger partial charge in [0, 0.05) is 12.1 Å². The number of methoxy groups -OCH3 is 1. The van der Waals surface area contributed by atoms with E-state index in [0.717, 1.165) is 11.1 Å². The molecule has 0 aromatic heterocycles. The molecule has 1 heterocycles. The zero-order chi connectivity index (χ0) is 14.1. The molecule has 0 radical (unpaired) electrons. The number of carbonyl (C=O) groups is 1. The predicted octanol–water partition coefficient (Wildman–Crippen LogP) is 3.61. The van der Waals surface area contributed by atoms with Crippen molar-refractivity contribution in [2.45, 2.75) is 12.2 Å². The molecule has 2 aromatic carbocycles. The van der Waals surface area contributed by atoms with Crippen molar-refractivity contribution in [1.82, 2.24) is 0 Å². The number of esters is 1. The van der Waals surface area contributed by atoms with Crippen molar-refractivity contribution in [3.05, 3.63) is 70.2 Å². The van der Waals surface area contributed by atoms with E-state index in [9.17, 15) is 4.79 Å². The molecule has 2 atom stereocenters. The third-order valence-corrected chi connectivity index (χ3v) is 3.72. The first-order valence-corrected chi connectivity index (χ1v) is 6.66. The van der Waals surface area contributed by atoms with Gasteiger partial charge in [0.2, 0.25) is 6.29 Å². The highest BCUT2D eigenvalue weighted by molar-refractivity contribution is 6.30. The van der Waals surface area contributed by atoms with E-state index >= 15 is 0 Å². The van der Waals surface area contributed by atoms with Crippen molar-refractivity contribution in [3.8, 4) is 0 Å². The normalized spacial score (nSPS) is 21.2. The van der Waals surface area contributed by atoms with Crippen LogP contribution in [-0.4, -0.2) is 19.4 Å². The number of carbonyl (C=O) groups excluding carboxylic acids is 1. The van der Waals surface area contributed by atoms with E-state index in [-0.39, 0.29) is 11.9 Å². The SMILES string of the molecule is COC1OC(=O)c2ccccc2C1c1ccc(Cl)cc1. The van der Waals surface area contributed by atoms with Gasteiger partial charge in [-0.1, -0.05) is 41.9 Å². The molecule has 4 heteroatoms. The lowest BCUT2D eigenvalue weighted by atomic mass is 9.86. The summed E-state index contributed by atoms with van der Waals surface area (Å²) in [4.78, 5) is 12.0. The van der Waals surface area contributed by atoms with Crippen LogP contribution in [0.4, 0.5) is 0 Å². The quantitative estimate of drug-likeness (QED) is 0.792. The molecule has 102 valence electrons. The fourth-order valence-electron chi connectivity index (χ4n) is 2.53. The highest BCUT2D eigenvalue weighted by atomic mass is 35.5. The summed E-state index contributed by atoms with van der Waals surface area (Å²) < 4.78 is 10.7. The van der Waals surface area contributed by atoms with Gasteiger partial charge in [0.25, 0.3) is 0 Å². The van der Waals surface area contributed by atoms with Crippen molar-refractivity contribution >= 4 is 17.6 Å². The Balaban J connectivity index is 2.13.